The van der Waals surface area contributed by atoms with Crippen molar-refractivity contribution in [2.45, 2.75) is 24.7 Å². The van der Waals surface area contributed by atoms with E-state index in [1.807, 2.05) is 152 Å². The second kappa shape index (κ2) is 15.2. The smallest absolute Gasteiger partial charge is 0.360 e. The fourth-order valence-corrected chi connectivity index (χ4v) is 6.30. The number of ether oxygens (including phenoxy) is 1. The minimum Gasteiger partial charge on any atom is -0.476 e. The van der Waals surface area contributed by atoms with E-state index in [-0.39, 0.29) is 5.69 Å². The SMILES string of the molecule is CC(O/N=C(\C(=O)O)c1csc(NC(c2ccccc2)(c2ccccc2)c2ccccc2)n1)C(=O)OC(c1ccccc1)c1ccccc1. The van der Waals surface area contributed by atoms with Crippen molar-refractivity contribution in [2.75, 3.05) is 5.32 Å². The Hall–Kier alpha value is -6.06. The molecule has 0 saturated heterocycles. The number of benzene rings is 5. The van der Waals surface area contributed by atoms with Gasteiger partial charge in [-0.3, -0.25) is 0 Å². The van der Waals surface area contributed by atoms with E-state index in [9.17, 15) is 14.7 Å². The third-order valence-electron chi connectivity index (χ3n) is 7.94. The van der Waals surface area contributed by atoms with E-state index < -0.39 is 35.4 Å². The number of hydrogen-bond donors (Lipinski definition) is 2. The van der Waals surface area contributed by atoms with Crippen molar-refractivity contribution < 1.29 is 24.3 Å². The van der Waals surface area contributed by atoms with Crippen LogP contribution in [0, 0.1) is 0 Å². The summed E-state index contributed by atoms with van der Waals surface area (Å²) in [4.78, 5) is 35.7. The highest BCUT2D eigenvalue weighted by Gasteiger charge is 2.37. The van der Waals surface area contributed by atoms with Gasteiger partial charge < -0.3 is 20.0 Å². The number of aromatic nitrogens is 1. The van der Waals surface area contributed by atoms with E-state index >= 15 is 0 Å². The Morgan fingerprint density at radius 3 is 1.57 bits per heavy atom. The third kappa shape index (κ3) is 7.42. The average Bonchev–Trinajstić information content (AvgIpc) is 3.62. The topological polar surface area (TPSA) is 110 Å². The summed E-state index contributed by atoms with van der Waals surface area (Å²) in [5.41, 5.74) is 3.24. The summed E-state index contributed by atoms with van der Waals surface area (Å²) in [6.07, 6.45) is -1.89. The molecule has 6 aromatic rings. The molecule has 1 unspecified atom stereocenters. The normalized spacial score (nSPS) is 12.2. The zero-order valence-corrected chi connectivity index (χ0v) is 27.4. The Bertz CT molecular complexity index is 1870. The molecule has 9 heteroatoms. The highest BCUT2D eigenvalue weighted by molar-refractivity contribution is 7.14. The van der Waals surface area contributed by atoms with Gasteiger partial charge in [0.25, 0.3) is 0 Å². The minimum absolute atomic E-state index is 0.0788. The minimum atomic E-state index is -1.36. The third-order valence-corrected chi connectivity index (χ3v) is 8.69. The molecule has 5 aromatic carbocycles. The molecule has 0 bridgehead atoms. The predicted molar refractivity (Wildman–Crippen MR) is 190 cm³/mol. The number of nitrogens with zero attached hydrogens (tertiary/aromatic N) is 2. The Balaban J connectivity index is 1.27. The summed E-state index contributed by atoms with van der Waals surface area (Å²) in [6.45, 7) is 1.46. The Labute approximate surface area is 288 Å². The molecule has 1 atom stereocenters. The standard InChI is InChI=1S/C40H33N3O5S/c1-28(38(46)47-36(29-17-7-2-8-18-29)30-19-9-3-10-20-30)48-43-35(37(44)45)34-27-49-39(41-34)42-40(31-21-11-4-12-22-31,32-23-13-5-14-24-32)33-25-15-6-16-26-33/h2-28,36H,1H3,(H,41,42)(H,44,45)/b43-35-. The van der Waals surface area contributed by atoms with E-state index in [1.54, 1.807) is 5.38 Å². The lowest BCUT2D eigenvalue weighted by Crippen LogP contribution is -2.38. The number of carboxylic acid groups (broad SMARTS) is 1. The molecule has 6 rings (SSSR count). The fourth-order valence-electron chi connectivity index (χ4n) is 5.55. The van der Waals surface area contributed by atoms with Crippen LogP contribution < -0.4 is 5.32 Å². The zero-order chi connectivity index (χ0) is 34.1. The molecule has 0 radical (unpaired) electrons. The summed E-state index contributed by atoms with van der Waals surface area (Å²) < 4.78 is 5.86. The van der Waals surface area contributed by atoms with Gasteiger partial charge in [0, 0.05) is 5.38 Å². The number of oxime groups is 1. The predicted octanol–water partition coefficient (Wildman–Crippen LogP) is 8.07. The number of nitrogens with one attached hydrogen (secondary N) is 1. The van der Waals surface area contributed by atoms with Crippen molar-refractivity contribution in [3.63, 3.8) is 0 Å². The van der Waals surface area contributed by atoms with Gasteiger partial charge in [0.05, 0.1) is 0 Å². The number of hydrogen-bond acceptors (Lipinski definition) is 8. The van der Waals surface area contributed by atoms with Crippen molar-refractivity contribution in [1.82, 2.24) is 4.98 Å². The maximum Gasteiger partial charge on any atom is 0.360 e. The van der Waals surface area contributed by atoms with Crippen LogP contribution in [0.2, 0.25) is 0 Å². The molecule has 244 valence electrons. The quantitative estimate of drug-likeness (QED) is 0.0555. The lowest BCUT2D eigenvalue weighted by atomic mass is 9.77. The summed E-state index contributed by atoms with van der Waals surface area (Å²) in [5, 5.41) is 19.7. The first kappa shape index (κ1) is 32.9. The average molecular weight is 668 g/mol. The van der Waals surface area contributed by atoms with Crippen molar-refractivity contribution in [3.8, 4) is 0 Å². The lowest BCUT2D eigenvalue weighted by molar-refractivity contribution is -0.160. The highest BCUT2D eigenvalue weighted by atomic mass is 32.1. The van der Waals surface area contributed by atoms with Crippen LogP contribution in [-0.4, -0.2) is 33.8 Å². The maximum absolute atomic E-state index is 13.2. The molecule has 8 nitrogen and oxygen atoms in total. The molecule has 1 aromatic heterocycles. The molecule has 49 heavy (non-hydrogen) atoms. The molecule has 0 aliphatic rings. The number of carbonyl (C=O) groups excluding carboxylic acids is 1. The number of carbonyl (C=O) groups is 2. The van der Waals surface area contributed by atoms with Crippen LogP contribution in [0.15, 0.2) is 162 Å². The highest BCUT2D eigenvalue weighted by Crippen LogP contribution is 2.40. The summed E-state index contributed by atoms with van der Waals surface area (Å²) in [7, 11) is 0. The molecule has 0 saturated carbocycles. The van der Waals surface area contributed by atoms with E-state index in [1.165, 1.54) is 18.3 Å². The molecule has 2 N–H and O–H groups in total. The molecule has 0 spiro atoms. The van der Waals surface area contributed by atoms with Crippen molar-refractivity contribution in [2.24, 2.45) is 5.16 Å². The van der Waals surface area contributed by atoms with E-state index in [2.05, 4.69) is 15.5 Å². The van der Waals surface area contributed by atoms with E-state index in [0.717, 1.165) is 27.8 Å². The van der Waals surface area contributed by atoms with Gasteiger partial charge in [-0.05, 0) is 34.7 Å². The number of aliphatic carboxylic acids is 1. The zero-order valence-electron chi connectivity index (χ0n) is 26.5. The number of anilines is 1. The molecular weight excluding hydrogens is 635 g/mol. The summed E-state index contributed by atoms with van der Waals surface area (Å²) >= 11 is 1.24. The van der Waals surface area contributed by atoms with Gasteiger partial charge in [-0.2, -0.15) is 0 Å². The molecule has 1 heterocycles. The number of carboxylic acids is 1. The maximum atomic E-state index is 13.2. The van der Waals surface area contributed by atoms with Gasteiger partial charge in [0.15, 0.2) is 11.2 Å². The van der Waals surface area contributed by atoms with Crippen LogP contribution in [-0.2, 0) is 24.7 Å². The van der Waals surface area contributed by atoms with Crippen LogP contribution in [0.5, 0.6) is 0 Å². The molecule has 0 aliphatic carbocycles. The Morgan fingerprint density at radius 1 is 0.714 bits per heavy atom. The number of rotatable bonds is 13. The van der Waals surface area contributed by atoms with Gasteiger partial charge >= 0.3 is 11.9 Å². The first-order valence-electron chi connectivity index (χ1n) is 15.6. The first-order valence-corrected chi connectivity index (χ1v) is 16.5. The monoisotopic (exact) mass is 667 g/mol. The van der Waals surface area contributed by atoms with Gasteiger partial charge in [-0.1, -0.05) is 157 Å². The molecule has 0 aliphatic heterocycles. The molecule has 0 fully saturated rings. The van der Waals surface area contributed by atoms with Crippen molar-refractivity contribution in [3.05, 3.63) is 191 Å². The van der Waals surface area contributed by atoms with Gasteiger partial charge in [0.2, 0.25) is 11.8 Å². The van der Waals surface area contributed by atoms with Crippen LogP contribution in [0.25, 0.3) is 0 Å². The van der Waals surface area contributed by atoms with Crippen LogP contribution in [0.1, 0.15) is 46.5 Å². The van der Waals surface area contributed by atoms with Gasteiger partial charge in [-0.15, -0.1) is 11.3 Å². The first-order chi connectivity index (χ1) is 24.0. The Kier molecular flexibility index (Phi) is 10.2. The van der Waals surface area contributed by atoms with Gasteiger partial charge in [0.1, 0.15) is 11.2 Å². The second-order valence-corrected chi connectivity index (χ2v) is 12.0. The fraction of sp³-hybridized carbons (Fsp3) is 0.100. The van der Waals surface area contributed by atoms with Crippen molar-refractivity contribution >= 4 is 34.1 Å². The van der Waals surface area contributed by atoms with Crippen LogP contribution >= 0.6 is 11.3 Å². The number of esters is 1. The van der Waals surface area contributed by atoms with Crippen molar-refractivity contribution in [1.29, 1.82) is 0 Å². The number of thiazole rings is 1. The van der Waals surface area contributed by atoms with E-state index in [4.69, 9.17) is 9.57 Å². The molecule has 0 amide bonds. The second-order valence-electron chi connectivity index (χ2n) is 11.1. The largest absolute Gasteiger partial charge is 0.476 e. The van der Waals surface area contributed by atoms with E-state index in [0.29, 0.717) is 5.13 Å². The lowest BCUT2D eigenvalue weighted by Gasteiger charge is -2.36. The Morgan fingerprint density at radius 2 is 1.14 bits per heavy atom. The van der Waals surface area contributed by atoms with Gasteiger partial charge in [-0.25, -0.2) is 14.6 Å². The molecular formula is C40H33N3O5S. The summed E-state index contributed by atoms with van der Waals surface area (Å²) in [6, 6.07) is 48.7. The summed E-state index contributed by atoms with van der Waals surface area (Å²) in [5.74, 6) is -2.06. The van der Waals surface area contributed by atoms with Crippen LogP contribution in [0.3, 0.4) is 0 Å². The van der Waals surface area contributed by atoms with Crippen LogP contribution in [0.4, 0.5) is 5.13 Å².